The van der Waals surface area contributed by atoms with Crippen LogP contribution in [0.2, 0.25) is 5.02 Å². The fourth-order valence-corrected chi connectivity index (χ4v) is 9.86. The van der Waals surface area contributed by atoms with Gasteiger partial charge in [0.15, 0.2) is 0 Å². The lowest BCUT2D eigenvalue weighted by atomic mass is 9.70. The lowest BCUT2D eigenvalue weighted by Crippen LogP contribution is -2.43. The molecule has 1 unspecified atom stereocenters. The number of carbonyl (C=O) groups excluding carboxylic acids is 2. The zero-order valence-corrected chi connectivity index (χ0v) is 30.2. The van der Waals surface area contributed by atoms with Gasteiger partial charge in [0, 0.05) is 30.8 Å². The smallest absolute Gasteiger partial charge is 0.286 e. The minimum Gasteiger partial charge on any atom is -0.491 e. The number of ether oxygens (including phenoxy) is 2. The number of thiophene rings is 1. The molecule has 1 aromatic heterocycles. The van der Waals surface area contributed by atoms with Crippen molar-refractivity contribution in [2.45, 2.75) is 65.0 Å². The molecule has 48 heavy (non-hydrogen) atoms. The Hall–Kier alpha value is -3.18. The number of nitrogens with one attached hydrogen (secondary N) is 1. The molecule has 0 spiro atoms. The fourth-order valence-electron chi connectivity index (χ4n) is 6.92. The Balaban J connectivity index is 1.45. The highest BCUT2D eigenvalue weighted by Crippen LogP contribution is 2.42. The van der Waals surface area contributed by atoms with Crippen molar-refractivity contribution >= 4 is 50.4 Å². The van der Waals surface area contributed by atoms with Crippen LogP contribution in [-0.2, 0) is 27.6 Å². The van der Waals surface area contributed by atoms with Gasteiger partial charge < -0.3 is 14.4 Å². The van der Waals surface area contributed by atoms with Gasteiger partial charge in [-0.2, -0.15) is 0 Å². The van der Waals surface area contributed by atoms with Gasteiger partial charge in [0.2, 0.25) is 0 Å². The zero-order valence-electron chi connectivity index (χ0n) is 27.8. The maximum atomic E-state index is 14.4. The van der Waals surface area contributed by atoms with Crippen LogP contribution >= 0.6 is 22.9 Å². The van der Waals surface area contributed by atoms with E-state index in [2.05, 4.69) is 38.3 Å². The number of halogens is 1. The summed E-state index contributed by atoms with van der Waals surface area (Å²) in [6, 6.07) is 13.2. The Morgan fingerprint density at radius 1 is 1.15 bits per heavy atom. The number of hydrogen-bond acceptors (Lipinski definition) is 7. The zero-order chi connectivity index (χ0) is 33.8. The Morgan fingerprint density at radius 2 is 2.00 bits per heavy atom. The van der Waals surface area contributed by atoms with Gasteiger partial charge in [0.1, 0.15) is 15.7 Å². The molecule has 2 bridgehead atoms. The Kier molecular flexibility index (Phi) is 10.9. The van der Waals surface area contributed by atoms with Crippen molar-refractivity contribution in [1.82, 2.24) is 4.72 Å². The van der Waals surface area contributed by atoms with E-state index in [1.165, 1.54) is 22.5 Å². The van der Waals surface area contributed by atoms with Crippen LogP contribution in [0.25, 0.3) is 0 Å². The number of anilines is 1. The number of rotatable bonds is 3. The molecule has 11 heteroatoms. The molecule has 256 valence electrons. The first-order valence-electron chi connectivity index (χ1n) is 16.8. The molecule has 1 saturated carbocycles. The summed E-state index contributed by atoms with van der Waals surface area (Å²) < 4.78 is 33.7. The molecule has 5 atom stereocenters. The molecule has 0 radical (unpaired) electrons. The Morgan fingerprint density at radius 3 is 2.75 bits per heavy atom. The van der Waals surface area contributed by atoms with E-state index in [1.54, 1.807) is 19.2 Å². The molecule has 8 nitrogen and oxygen atoms in total. The molecule has 2 amide bonds. The maximum absolute atomic E-state index is 14.4. The molecule has 0 saturated heterocycles. The summed E-state index contributed by atoms with van der Waals surface area (Å²) in [6.45, 7) is 5.75. The standard InChI is InChI=1S/C37H44ClN3O5S2/c1-24-7-6-9-33(45-3)31-14-11-29(31)21-41-20-28-10-13-30(38)18-26(28)8-4-5-16-46-34-15-12-27(19-32(34)41)36(42)39-48(44,23-24)40-37(43)35-17-25(2)22-47-35/h6,9-10,12-13,15,17-19,22,24,29,31,33H,4-5,7-8,11,14,16,20-21,23H2,1-3H3,(H,39,40,42,43,44)/b9-6+/t24-,29-,31+,33-,48?/m0/s1. The maximum Gasteiger partial charge on any atom is 0.286 e. The summed E-state index contributed by atoms with van der Waals surface area (Å²) >= 11 is 7.73. The normalized spacial score (nSPS) is 27.2. The minimum absolute atomic E-state index is 0.0302. The number of amides is 2. The van der Waals surface area contributed by atoms with Gasteiger partial charge in [0.25, 0.3) is 11.8 Å². The number of fused-ring (bicyclic) bond motifs is 3. The molecule has 1 N–H and O–H groups in total. The molecule has 6 rings (SSSR count). The van der Waals surface area contributed by atoms with Gasteiger partial charge >= 0.3 is 0 Å². The third kappa shape index (κ3) is 8.16. The van der Waals surface area contributed by atoms with Gasteiger partial charge in [-0.25, -0.2) is 4.21 Å². The predicted octanol–water partition coefficient (Wildman–Crippen LogP) is 8.02. The second-order valence-electron chi connectivity index (χ2n) is 13.4. The number of methoxy groups -OCH3 is 1. The van der Waals surface area contributed by atoms with E-state index in [0.29, 0.717) is 47.6 Å². The van der Waals surface area contributed by atoms with Crippen molar-refractivity contribution in [3.8, 4) is 5.75 Å². The number of hydrogen-bond donors (Lipinski definition) is 1. The first-order valence-corrected chi connectivity index (χ1v) is 19.7. The van der Waals surface area contributed by atoms with Crippen molar-refractivity contribution in [1.29, 1.82) is 0 Å². The van der Waals surface area contributed by atoms with Crippen LogP contribution in [0.3, 0.4) is 0 Å². The second-order valence-corrected chi connectivity index (χ2v) is 16.7. The lowest BCUT2D eigenvalue weighted by Gasteiger charge is -2.43. The van der Waals surface area contributed by atoms with Crippen LogP contribution in [0.5, 0.6) is 5.75 Å². The van der Waals surface area contributed by atoms with Gasteiger partial charge in [0.05, 0.1) is 29.0 Å². The topological polar surface area (TPSA) is 97.3 Å². The van der Waals surface area contributed by atoms with E-state index >= 15 is 0 Å². The van der Waals surface area contributed by atoms with Crippen LogP contribution in [0.15, 0.2) is 64.4 Å². The lowest BCUT2D eigenvalue weighted by molar-refractivity contribution is 0.0133. The van der Waals surface area contributed by atoms with Crippen molar-refractivity contribution in [3.63, 3.8) is 0 Å². The molecular weight excluding hydrogens is 666 g/mol. The minimum atomic E-state index is -3.48. The molecule has 1 fully saturated rings. The Bertz CT molecular complexity index is 1810. The van der Waals surface area contributed by atoms with Crippen LogP contribution in [-0.4, -0.2) is 48.1 Å². The summed E-state index contributed by atoms with van der Waals surface area (Å²) in [4.78, 5) is 29.9. The van der Waals surface area contributed by atoms with Gasteiger partial charge in [-0.15, -0.1) is 15.7 Å². The van der Waals surface area contributed by atoms with Crippen LogP contribution in [0.4, 0.5) is 5.69 Å². The number of allylic oxidation sites excluding steroid dienone is 1. The average Bonchev–Trinajstić information content (AvgIpc) is 3.47. The van der Waals surface area contributed by atoms with Crippen molar-refractivity contribution < 1.29 is 23.3 Å². The largest absolute Gasteiger partial charge is 0.491 e. The van der Waals surface area contributed by atoms with Gasteiger partial charge in [-0.1, -0.05) is 36.7 Å². The van der Waals surface area contributed by atoms with Crippen molar-refractivity contribution in [2.24, 2.45) is 22.1 Å². The SMILES string of the molecule is CO[C@H]1/C=C/C[C@H](C)CS(=O)(NC(=O)c2cc(C)cs2)=NC(=O)c2ccc3c(c2)N(Cc2ccc(Cl)cc2CCCCO3)C[C@@H]2CC[C@H]21. The third-order valence-electron chi connectivity index (χ3n) is 9.61. The quantitative estimate of drug-likeness (QED) is 0.277. The van der Waals surface area contributed by atoms with E-state index in [0.717, 1.165) is 54.9 Å². The van der Waals surface area contributed by atoms with E-state index in [1.807, 2.05) is 37.4 Å². The van der Waals surface area contributed by atoms with Crippen LogP contribution in [0.1, 0.15) is 75.7 Å². The molecule has 2 aliphatic heterocycles. The summed E-state index contributed by atoms with van der Waals surface area (Å²) in [5, 5.41) is 2.58. The van der Waals surface area contributed by atoms with Crippen LogP contribution < -0.4 is 14.4 Å². The molecule has 2 aromatic carbocycles. The first-order chi connectivity index (χ1) is 23.1. The van der Waals surface area contributed by atoms with Crippen molar-refractivity contribution in [2.75, 3.05) is 30.9 Å². The predicted molar refractivity (Wildman–Crippen MR) is 194 cm³/mol. The van der Waals surface area contributed by atoms with Gasteiger partial charge in [-0.3, -0.25) is 14.3 Å². The molecule has 3 aromatic rings. The average molecular weight is 710 g/mol. The number of aryl methyl sites for hydroxylation is 2. The third-order valence-corrected chi connectivity index (χ3v) is 12.9. The monoisotopic (exact) mass is 709 g/mol. The number of carbonyl (C=O) groups is 2. The highest BCUT2D eigenvalue weighted by atomic mass is 35.5. The first kappa shape index (κ1) is 34.7. The number of nitrogens with zero attached hydrogens (tertiary/aromatic N) is 2. The molecule has 3 heterocycles. The van der Waals surface area contributed by atoms with E-state index in [9.17, 15) is 13.8 Å². The van der Waals surface area contributed by atoms with Crippen molar-refractivity contribution in [3.05, 3.63) is 92.2 Å². The second kappa shape index (κ2) is 15.2. The van der Waals surface area contributed by atoms with Gasteiger partial charge in [-0.05, 0) is 122 Å². The summed E-state index contributed by atoms with van der Waals surface area (Å²) in [5.41, 5.74) is 4.42. The van der Waals surface area contributed by atoms with E-state index < -0.39 is 21.7 Å². The molecular formula is C37H44ClN3O5S2. The molecule has 3 aliphatic rings. The number of benzene rings is 2. The Labute approximate surface area is 293 Å². The summed E-state index contributed by atoms with van der Waals surface area (Å²) in [5.74, 6) is 0.173. The highest BCUT2D eigenvalue weighted by Gasteiger charge is 2.38. The molecule has 1 aliphatic carbocycles. The fraction of sp³-hybridized carbons (Fsp3) is 0.459. The summed E-state index contributed by atoms with van der Waals surface area (Å²) in [7, 11) is -1.72. The highest BCUT2D eigenvalue weighted by molar-refractivity contribution is 7.92. The van der Waals surface area contributed by atoms with E-state index in [4.69, 9.17) is 21.1 Å². The summed E-state index contributed by atoms with van der Waals surface area (Å²) in [6.07, 6.45) is 9.62. The van der Waals surface area contributed by atoms with Crippen LogP contribution in [0, 0.1) is 24.7 Å². The van der Waals surface area contributed by atoms with E-state index in [-0.39, 0.29) is 17.8 Å².